The van der Waals surface area contributed by atoms with Gasteiger partial charge in [-0.05, 0) is 55.0 Å². The number of carbonyl (C=O) groups is 1. The molecule has 3 aromatic heterocycles. The quantitative estimate of drug-likeness (QED) is 0.377. The number of nitrogens with one attached hydrogen (secondary N) is 2. The summed E-state index contributed by atoms with van der Waals surface area (Å²) in [4.78, 5) is 13.3. The molecule has 0 aliphatic carbocycles. The smallest absolute Gasteiger partial charge is 0.293 e. The fraction of sp³-hybridized carbons (Fsp3) is 0.136. The highest BCUT2D eigenvalue weighted by molar-refractivity contribution is 7.80. The van der Waals surface area contributed by atoms with Crippen LogP contribution < -0.4 is 10.6 Å². The van der Waals surface area contributed by atoms with Crippen molar-refractivity contribution in [3.8, 4) is 10.6 Å². The zero-order valence-electron chi connectivity index (χ0n) is 17.2. The lowest BCUT2D eigenvalue weighted by molar-refractivity contribution is 0.0953. The number of para-hydroxylation sites is 1. The Morgan fingerprint density at radius 2 is 2.03 bits per heavy atom. The molecule has 1 amide bonds. The molecule has 0 atom stereocenters. The number of furan rings is 1. The first-order valence-electron chi connectivity index (χ1n) is 9.95. The second-order valence-corrected chi connectivity index (χ2v) is 8.52. The molecule has 0 bridgehead atoms. The van der Waals surface area contributed by atoms with Crippen LogP contribution in [0.5, 0.6) is 0 Å². The van der Waals surface area contributed by atoms with Crippen LogP contribution >= 0.6 is 23.6 Å². The van der Waals surface area contributed by atoms with E-state index in [1.54, 1.807) is 10.6 Å². The maximum absolute atomic E-state index is 12.5. The molecular formula is C22H18N6O2S2. The summed E-state index contributed by atoms with van der Waals surface area (Å²) in [7, 11) is 0. The van der Waals surface area contributed by atoms with Crippen LogP contribution in [0.25, 0.3) is 26.5 Å². The van der Waals surface area contributed by atoms with Crippen LogP contribution in [0.2, 0.25) is 0 Å². The van der Waals surface area contributed by atoms with E-state index in [-0.39, 0.29) is 10.9 Å². The normalized spacial score (nSPS) is 11.2. The average Bonchev–Trinajstić information content (AvgIpc) is 3.48. The minimum atomic E-state index is -0.403. The SMILES string of the molecule is CCc1nnc2sc(-c3ccc(NC(=S)NC(=O)c4cc5ccccc5o4)c(C)c3)nn12. The van der Waals surface area contributed by atoms with E-state index >= 15 is 0 Å². The molecule has 0 aliphatic heterocycles. The van der Waals surface area contributed by atoms with Crippen molar-refractivity contribution in [2.24, 2.45) is 0 Å². The second kappa shape index (κ2) is 8.13. The molecule has 10 heteroatoms. The van der Waals surface area contributed by atoms with Gasteiger partial charge in [-0.2, -0.15) is 9.61 Å². The minimum absolute atomic E-state index is 0.192. The predicted octanol–water partition coefficient (Wildman–Crippen LogP) is 4.60. The Labute approximate surface area is 192 Å². The summed E-state index contributed by atoms with van der Waals surface area (Å²) in [5, 5.41) is 20.6. The number of amides is 1. The Bertz CT molecular complexity index is 1450. The minimum Gasteiger partial charge on any atom is -0.451 e. The van der Waals surface area contributed by atoms with E-state index in [4.69, 9.17) is 16.6 Å². The molecule has 0 spiro atoms. The molecule has 32 heavy (non-hydrogen) atoms. The molecule has 5 rings (SSSR count). The van der Waals surface area contributed by atoms with Gasteiger partial charge in [-0.25, -0.2) is 0 Å². The molecule has 0 saturated carbocycles. The van der Waals surface area contributed by atoms with E-state index in [9.17, 15) is 4.79 Å². The number of carbonyl (C=O) groups excluding carboxylic acids is 1. The fourth-order valence-corrected chi connectivity index (χ4v) is 4.40. The van der Waals surface area contributed by atoms with Crippen molar-refractivity contribution in [2.75, 3.05) is 5.32 Å². The monoisotopic (exact) mass is 462 g/mol. The number of anilines is 1. The van der Waals surface area contributed by atoms with Gasteiger partial charge in [0.25, 0.3) is 5.91 Å². The average molecular weight is 463 g/mol. The third-order valence-electron chi connectivity index (χ3n) is 4.97. The Morgan fingerprint density at radius 1 is 1.19 bits per heavy atom. The Morgan fingerprint density at radius 3 is 2.81 bits per heavy atom. The van der Waals surface area contributed by atoms with Crippen LogP contribution in [0.15, 0.2) is 52.9 Å². The van der Waals surface area contributed by atoms with Crippen molar-refractivity contribution in [1.82, 2.24) is 25.1 Å². The van der Waals surface area contributed by atoms with Crippen LogP contribution in [0.1, 0.15) is 28.9 Å². The Hall–Kier alpha value is -3.63. The number of thiocarbonyl (C=S) groups is 1. The highest BCUT2D eigenvalue weighted by atomic mass is 32.1. The summed E-state index contributed by atoms with van der Waals surface area (Å²) in [5.41, 5.74) is 3.38. The van der Waals surface area contributed by atoms with Gasteiger partial charge in [0.1, 0.15) is 10.6 Å². The highest BCUT2D eigenvalue weighted by Gasteiger charge is 2.15. The van der Waals surface area contributed by atoms with Gasteiger partial charge in [0.05, 0.1) is 0 Å². The summed E-state index contributed by atoms with van der Waals surface area (Å²) >= 11 is 6.81. The molecule has 0 radical (unpaired) electrons. The van der Waals surface area contributed by atoms with Gasteiger partial charge in [-0.1, -0.05) is 36.5 Å². The maximum Gasteiger partial charge on any atom is 0.293 e. The highest BCUT2D eigenvalue weighted by Crippen LogP contribution is 2.29. The molecule has 5 aromatic rings. The number of benzene rings is 2. The number of rotatable bonds is 4. The number of nitrogens with zero attached hydrogens (tertiary/aromatic N) is 4. The topological polar surface area (TPSA) is 97.3 Å². The lowest BCUT2D eigenvalue weighted by Gasteiger charge is -2.12. The lowest BCUT2D eigenvalue weighted by Crippen LogP contribution is -2.34. The van der Waals surface area contributed by atoms with Crippen LogP contribution in [0.3, 0.4) is 0 Å². The van der Waals surface area contributed by atoms with E-state index in [0.29, 0.717) is 5.58 Å². The lowest BCUT2D eigenvalue weighted by atomic mass is 10.1. The molecule has 160 valence electrons. The summed E-state index contributed by atoms with van der Waals surface area (Å²) in [6, 6.07) is 15.0. The maximum atomic E-state index is 12.5. The largest absolute Gasteiger partial charge is 0.451 e. The second-order valence-electron chi connectivity index (χ2n) is 7.16. The van der Waals surface area contributed by atoms with Crippen LogP contribution in [0.4, 0.5) is 5.69 Å². The van der Waals surface area contributed by atoms with Crippen LogP contribution in [-0.2, 0) is 6.42 Å². The molecule has 2 N–H and O–H groups in total. The summed E-state index contributed by atoms with van der Waals surface area (Å²) < 4.78 is 7.37. The molecule has 2 aromatic carbocycles. The third kappa shape index (κ3) is 3.74. The summed E-state index contributed by atoms with van der Waals surface area (Å²) in [6.07, 6.45) is 0.767. The van der Waals surface area contributed by atoms with E-state index < -0.39 is 5.91 Å². The zero-order valence-corrected chi connectivity index (χ0v) is 18.9. The van der Waals surface area contributed by atoms with Crippen molar-refractivity contribution in [2.45, 2.75) is 20.3 Å². The van der Waals surface area contributed by atoms with Gasteiger partial charge in [0, 0.05) is 23.1 Å². The van der Waals surface area contributed by atoms with E-state index in [0.717, 1.165) is 44.4 Å². The fourth-order valence-electron chi connectivity index (χ4n) is 3.34. The van der Waals surface area contributed by atoms with Gasteiger partial charge in [0.2, 0.25) is 4.96 Å². The van der Waals surface area contributed by atoms with Gasteiger partial charge in [-0.3, -0.25) is 10.1 Å². The van der Waals surface area contributed by atoms with Gasteiger partial charge in [0.15, 0.2) is 16.7 Å². The zero-order chi connectivity index (χ0) is 22.2. The molecule has 0 saturated heterocycles. The first-order valence-corrected chi connectivity index (χ1v) is 11.2. The van der Waals surface area contributed by atoms with E-state index in [2.05, 4.69) is 25.9 Å². The van der Waals surface area contributed by atoms with Crippen molar-refractivity contribution in [1.29, 1.82) is 0 Å². The molecule has 0 aliphatic rings. The van der Waals surface area contributed by atoms with Crippen molar-refractivity contribution < 1.29 is 9.21 Å². The number of hydrogen-bond acceptors (Lipinski definition) is 7. The molecule has 0 unspecified atom stereocenters. The predicted molar refractivity (Wildman–Crippen MR) is 128 cm³/mol. The Balaban J connectivity index is 1.30. The Kier molecular flexibility index (Phi) is 5.16. The van der Waals surface area contributed by atoms with E-state index in [1.807, 2.05) is 56.3 Å². The van der Waals surface area contributed by atoms with Gasteiger partial charge < -0.3 is 9.73 Å². The van der Waals surface area contributed by atoms with Crippen LogP contribution in [-0.4, -0.2) is 30.8 Å². The number of fused-ring (bicyclic) bond motifs is 2. The van der Waals surface area contributed by atoms with Gasteiger partial charge in [-0.15, -0.1) is 10.2 Å². The third-order valence-corrected chi connectivity index (χ3v) is 6.12. The molecule has 3 heterocycles. The van der Waals surface area contributed by atoms with Gasteiger partial charge >= 0.3 is 0 Å². The molecular weight excluding hydrogens is 444 g/mol. The van der Waals surface area contributed by atoms with Crippen molar-refractivity contribution >= 4 is 56.2 Å². The first-order chi connectivity index (χ1) is 15.5. The number of aromatic nitrogens is 4. The standard InChI is InChI=1S/C22H18N6O2S2/c1-3-18-25-26-22-28(18)27-20(32-22)14-8-9-15(12(2)10-14)23-21(31)24-19(29)17-11-13-6-4-5-7-16(13)30-17/h4-11H,3H2,1-2H3,(H2,23,24,29,31). The first kappa shape index (κ1) is 20.3. The summed E-state index contributed by atoms with van der Waals surface area (Å²) in [6.45, 7) is 3.99. The number of aryl methyl sites for hydroxylation is 2. The van der Waals surface area contributed by atoms with Crippen LogP contribution in [0, 0.1) is 6.92 Å². The van der Waals surface area contributed by atoms with Crippen molar-refractivity contribution in [3.63, 3.8) is 0 Å². The number of hydrogen-bond donors (Lipinski definition) is 2. The summed E-state index contributed by atoms with van der Waals surface area (Å²) in [5.74, 6) is 0.639. The molecule has 8 nitrogen and oxygen atoms in total. The van der Waals surface area contributed by atoms with E-state index in [1.165, 1.54) is 11.3 Å². The molecule has 0 fully saturated rings. The van der Waals surface area contributed by atoms with Crippen molar-refractivity contribution in [3.05, 3.63) is 65.7 Å².